The molecule has 1 saturated carbocycles. The Labute approximate surface area is 93.4 Å². The highest BCUT2D eigenvalue weighted by molar-refractivity contribution is 5.72. The first kappa shape index (κ1) is 12.5. The van der Waals surface area contributed by atoms with E-state index in [0.29, 0.717) is 0 Å². The molecule has 0 spiro atoms. The van der Waals surface area contributed by atoms with Gasteiger partial charge in [-0.2, -0.15) is 0 Å². The fourth-order valence-corrected chi connectivity index (χ4v) is 2.41. The van der Waals surface area contributed by atoms with Crippen LogP contribution in [0.1, 0.15) is 65.7 Å². The first-order chi connectivity index (χ1) is 7.13. The second-order valence-corrected chi connectivity index (χ2v) is 4.85. The van der Waals surface area contributed by atoms with E-state index in [9.17, 15) is 4.79 Å². The monoisotopic (exact) mass is 212 g/mol. The summed E-state index contributed by atoms with van der Waals surface area (Å²) in [5.41, 5.74) is -0.112. The minimum Gasteiger partial charge on any atom is -0.459 e. The molecule has 1 aliphatic carbocycles. The standard InChI is InChI=1S/C13H24O2/c1-4-8-11(3)12(14)15-13(5-2)9-6-7-10-13/h11H,4-10H2,1-3H3. The molecule has 0 N–H and O–H groups in total. The third kappa shape index (κ3) is 3.22. The molecular formula is C13H24O2. The summed E-state index contributed by atoms with van der Waals surface area (Å²) < 4.78 is 5.72. The summed E-state index contributed by atoms with van der Waals surface area (Å²) in [6.07, 6.45) is 7.51. The highest BCUT2D eigenvalue weighted by atomic mass is 16.6. The van der Waals surface area contributed by atoms with Crippen molar-refractivity contribution in [2.75, 3.05) is 0 Å². The summed E-state index contributed by atoms with van der Waals surface area (Å²) in [5, 5.41) is 0. The Morgan fingerprint density at radius 3 is 2.40 bits per heavy atom. The van der Waals surface area contributed by atoms with Gasteiger partial charge in [-0.25, -0.2) is 0 Å². The van der Waals surface area contributed by atoms with Crippen molar-refractivity contribution in [3.8, 4) is 0 Å². The zero-order chi connectivity index (χ0) is 11.3. The van der Waals surface area contributed by atoms with Gasteiger partial charge < -0.3 is 4.74 Å². The second kappa shape index (κ2) is 5.53. The predicted molar refractivity (Wildman–Crippen MR) is 61.7 cm³/mol. The van der Waals surface area contributed by atoms with Crippen LogP contribution < -0.4 is 0 Å². The van der Waals surface area contributed by atoms with E-state index >= 15 is 0 Å². The highest BCUT2D eigenvalue weighted by Gasteiger charge is 2.36. The molecule has 0 bridgehead atoms. The van der Waals surface area contributed by atoms with Gasteiger partial charge in [0.15, 0.2) is 0 Å². The minimum atomic E-state index is -0.112. The number of hydrogen-bond donors (Lipinski definition) is 0. The molecule has 15 heavy (non-hydrogen) atoms. The summed E-state index contributed by atoms with van der Waals surface area (Å²) in [6, 6.07) is 0. The molecule has 2 nitrogen and oxygen atoms in total. The van der Waals surface area contributed by atoms with Crippen LogP contribution in [0.3, 0.4) is 0 Å². The maximum atomic E-state index is 11.8. The Hall–Kier alpha value is -0.530. The Kier molecular flexibility index (Phi) is 4.62. The molecule has 0 aromatic carbocycles. The summed E-state index contributed by atoms with van der Waals surface area (Å²) in [6.45, 7) is 6.21. The molecule has 0 radical (unpaired) electrons. The number of ether oxygens (including phenoxy) is 1. The Morgan fingerprint density at radius 2 is 1.93 bits per heavy atom. The van der Waals surface area contributed by atoms with Crippen molar-refractivity contribution in [1.29, 1.82) is 0 Å². The van der Waals surface area contributed by atoms with E-state index in [1.54, 1.807) is 0 Å². The van der Waals surface area contributed by atoms with Gasteiger partial charge in [0.2, 0.25) is 0 Å². The lowest BCUT2D eigenvalue weighted by atomic mass is 9.98. The molecule has 1 unspecified atom stereocenters. The van der Waals surface area contributed by atoms with Crippen LogP contribution in [0.25, 0.3) is 0 Å². The summed E-state index contributed by atoms with van der Waals surface area (Å²) in [4.78, 5) is 11.8. The average Bonchev–Trinajstić information content (AvgIpc) is 2.67. The largest absolute Gasteiger partial charge is 0.459 e. The first-order valence-corrected chi connectivity index (χ1v) is 6.36. The molecule has 0 aromatic rings. The van der Waals surface area contributed by atoms with Crippen LogP contribution in [0.2, 0.25) is 0 Å². The third-order valence-electron chi connectivity index (χ3n) is 3.60. The van der Waals surface area contributed by atoms with Crippen LogP contribution >= 0.6 is 0 Å². The summed E-state index contributed by atoms with van der Waals surface area (Å²) in [5.74, 6) is 0.0830. The van der Waals surface area contributed by atoms with E-state index in [2.05, 4.69) is 13.8 Å². The van der Waals surface area contributed by atoms with Gasteiger partial charge in [0.1, 0.15) is 5.60 Å². The molecule has 0 heterocycles. The van der Waals surface area contributed by atoms with Crippen LogP contribution in [0.4, 0.5) is 0 Å². The first-order valence-electron chi connectivity index (χ1n) is 6.36. The molecule has 1 fully saturated rings. The van der Waals surface area contributed by atoms with Crippen molar-refractivity contribution in [1.82, 2.24) is 0 Å². The Balaban J connectivity index is 2.48. The van der Waals surface area contributed by atoms with E-state index < -0.39 is 0 Å². The topological polar surface area (TPSA) is 26.3 Å². The SMILES string of the molecule is CCCC(C)C(=O)OC1(CC)CCCC1. The predicted octanol–water partition coefficient (Wildman–Crippen LogP) is 3.69. The lowest BCUT2D eigenvalue weighted by molar-refractivity contribution is -0.164. The molecule has 0 aromatic heterocycles. The van der Waals surface area contributed by atoms with Crippen molar-refractivity contribution < 1.29 is 9.53 Å². The molecule has 1 rings (SSSR count). The maximum Gasteiger partial charge on any atom is 0.309 e. The van der Waals surface area contributed by atoms with E-state index in [-0.39, 0.29) is 17.5 Å². The van der Waals surface area contributed by atoms with Crippen LogP contribution in [0.15, 0.2) is 0 Å². The van der Waals surface area contributed by atoms with E-state index in [0.717, 1.165) is 32.1 Å². The van der Waals surface area contributed by atoms with Gasteiger partial charge in [-0.1, -0.05) is 27.2 Å². The van der Waals surface area contributed by atoms with Gasteiger partial charge in [0.25, 0.3) is 0 Å². The maximum absolute atomic E-state index is 11.8. The van der Waals surface area contributed by atoms with Gasteiger partial charge >= 0.3 is 5.97 Å². The van der Waals surface area contributed by atoms with Crippen molar-refractivity contribution in [3.05, 3.63) is 0 Å². The molecule has 2 heteroatoms. The lowest BCUT2D eigenvalue weighted by Gasteiger charge is -2.29. The fraction of sp³-hybridized carbons (Fsp3) is 0.923. The summed E-state index contributed by atoms with van der Waals surface area (Å²) >= 11 is 0. The molecule has 0 aliphatic heterocycles. The Bertz CT molecular complexity index is 205. The fourth-order valence-electron chi connectivity index (χ4n) is 2.41. The molecule has 1 atom stereocenters. The lowest BCUT2D eigenvalue weighted by Crippen LogP contribution is -2.33. The highest BCUT2D eigenvalue weighted by Crippen LogP contribution is 2.36. The third-order valence-corrected chi connectivity index (χ3v) is 3.60. The second-order valence-electron chi connectivity index (χ2n) is 4.85. The molecule has 88 valence electrons. The Morgan fingerprint density at radius 1 is 1.33 bits per heavy atom. The molecule has 0 saturated heterocycles. The van der Waals surface area contributed by atoms with Gasteiger partial charge in [0.05, 0.1) is 5.92 Å². The number of carbonyl (C=O) groups is 1. The summed E-state index contributed by atoms with van der Waals surface area (Å²) in [7, 11) is 0. The molecule has 1 aliphatic rings. The van der Waals surface area contributed by atoms with Crippen LogP contribution in [0, 0.1) is 5.92 Å². The van der Waals surface area contributed by atoms with Crippen LogP contribution in [0.5, 0.6) is 0 Å². The number of esters is 1. The van der Waals surface area contributed by atoms with Gasteiger partial charge in [-0.05, 0) is 38.5 Å². The molecule has 0 amide bonds. The zero-order valence-corrected chi connectivity index (χ0v) is 10.3. The normalized spacial score (nSPS) is 21.3. The number of carbonyl (C=O) groups excluding carboxylic acids is 1. The van der Waals surface area contributed by atoms with E-state index in [1.165, 1.54) is 12.8 Å². The van der Waals surface area contributed by atoms with E-state index in [4.69, 9.17) is 4.74 Å². The average molecular weight is 212 g/mol. The quantitative estimate of drug-likeness (QED) is 0.650. The molecular weight excluding hydrogens is 188 g/mol. The number of hydrogen-bond acceptors (Lipinski definition) is 2. The van der Waals surface area contributed by atoms with E-state index in [1.807, 2.05) is 6.92 Å². The van der Waals surface area contributed by atoms with Crippen molar-refractivity contribution in [2.45, 2.75) is 71.3 Å². The van der Waals surface area contributed by atoms with Gasteiger partial charge in [-0.3, -0.25) is 4.79 Å². The minimum absolute atomic E-state index is 0.0144. The van der Waals surface area contributed by atoms with Crippen LogP contribution in [-0.2, 0) is 9.53 Å². The van der Waals surface area contributed by atoms with Crippen molar-refractivity contribution >= 4 is 5.97 Å². The van der Waals surface area contributed by atoms with Gasteiger partial charge in [-0.15, -0.1) is 0 Å². The number of rotatable bonds is 5. The smallest absolute Gasteiger partial charge is 0.309 e. The van der Waals surface area contributed by atoms with Crippen LogP contribution in [-0.4, -0.2) is 11.6 Å². The van der Waals surface area contributed by atoms with Crippen molar-refractivity contribution in [2.24, 2.45) is 5.92 Å². The van der Waals surface area contributed by atoms with Gasteiger partial charge in [0, 0.05) is 0 Å². The zero-order valence-electron chi connectivity index (χ0n) is 10.3. The van der Waals surface area contributed by atoms with Crippen molar-refractivity contribution in [3.63, 3.8) is 0 Å².